The fraction of sp³-hybridized carbons (Fsp3) is 0.0233. The van der Waals surface area contributed by atoms with Gasteiger partial charge in [-0.25, -0.2) is 0 Å². The van der Waals surface area contributed by atoms with Crippen LogP contribution in [-0.2, 0) is 0 Å². The van der Waals surface area contributed by atoms with Crippen LogP contribution in [0.4, 0.5) is 17.1 Å². The molecule has 0 saturated carbocycles. The summed E-state index contributed by atoms with van der Waals surface area (Å²) in [6, 6.07) is 48.1. The number of thiophene rings is 1. The van der Waals surface area contributed by atoms with Gasteiger partial charge in [0.25, 0.3) is 0 Å². The summed E-state index contributed by atoms with van der Waals surface area (Å²) < 4.78 is 9.99. The number of para-hydroxylation sites is 1. The largest absolute Gasteiger partial charge is 0.461 e. The fourth-order valence-electron chi connectivity index (χ4n) is 6.86. The third-order valence-corrected chi connectivity index (χ3v) is 10.8. The number of hydrogen-bond acceptors (Lipinski definition) is 3. The predicted molar refractivity (Wildman–Crippen MR) is 203 cm³/mol. The van der Waals surface area contributed by atoms with Gasteiger partial charge in [-0.1, -0.05) is 113 Å². The number of fused-ring (bicyclic) bond motifs is 7. The highest BCUT2D eigenvalue weighted by atomic mass is 79.9. The maximum Gasteiger partial charge on any atom is 0.135 e. The van der Waals surface area contributed by atoms with Crippen molar-refractivity contribution in [2.45, 2.75) is 6.42 Å². The topological polar surface area (TPSA) is 12.5 Å². The highest BCUT2D eigenvalue weighted by Crippen LogP contribution is 2.48. The van der Waals surface area contributed by atoms with Crippen LogP contribution in [-0.4, -0.2) is 0 Å². The zero-order valence-corrected chi connectivity index (χ0v) is 27.8. The van der Waals surface area contributed by atoms with E-state index in [1.807, 2.05) is 11.3 Å². The Morgan fingerprint density at radius 1 is 0.596 bits per heavy atom. The van der Waals surface area contributed by atoms with Gasteiger partial charge in [0.1, 0.15) is 11.5 Å². The predicted octanol–water partition coefficient (Wildman–Crippen LogP) is 13.2. The van der Waals surface area contributed by atoms with Crippen molar-refractivity contribution in [3.63, 3.8) is 0 Å². The second kappa shape index (κ2) is 11.6. The summed E-state index contributed by atoms with van der Waals surface area (Å²) in [7, 11) is 0. The van der Waals surface area contributed by atoms with Crippen LogP contribution < -0.4 is 9.64 Å². The lowest BCUT2D eigenvalue weighted by atomic mass is 9.90. The Morgan fingerprint density at radius 2 is 1.34 bits per heavy atom. The Morgan fingerprint density at radius 3 is 2.23 bits per heavy atom. The first-order valence-electron chi connectivity index (χ1n) is 15.7. The van der Waals surface area contributed by atoms with Gasteiger partial charge in [0.15, 0.2) is 0 Å². The quantitative estimate of drug-likeness (QED) is 0.179. The normalized spacial score (nSPS) is 13.5. The van der Waals surface area contributed by atoms with Gasteiger partial charge in [-0.05, 0) is 77.4 Å². The van der Waals surface area contributed by atoms with Crippen molar-refractivity contribution in [1.29, 1.82) is 0 Å². The summed E-state index contributed by atoms with van der Waals surface area (Å²) in [5.41, 5.74) is 10.4. The molecule has 2 heterocycles. The lowest BCUT2D eigenvalue weighted by Crippen LogP contribution is -2.11. The molecular formula is C43H28BrNOS. The first-order valence-corrected chi connectivity index (χ1v) is 17.4. The van der Waals surface area contributed by atoms with Gasteiger partial charge < -0.3 is 9.64 Å². The molecule has 4 heteroatoms. The van der Waals surface area contributed by atoms with Gasteiger partial charge in [-0.2, -0.15) is 0 Å². The van der Waals surface area contributed by atoms with Crippen molar-refractivity contribution in [2.24, 2.45) is 0 Å². The molecular weight excluding hydrogens is 658 g/mol. The number of ether oxygens (including phenoxy) is 1. The van der Waals surface area contributed by atoms with E-state index in [1.165, 1.54) is 36.9 Å². The second-order valence-corrected chi connectivity index (χ2v) is 13.8. The van der Waals surface area contributed by atoms with Crippen LogP contribution in [0, 0.1) is 0 Å². The van der Waals surface area contributed by atoms with Crippen molar-refractivity contribution in [3.05, 3.63) is 174 Å². The number of nitrogens with zero attached hydrogens (tertiary/aromatic N) is 1. The zero-order chi connectivity index (χ0) is 31.3. The van der Waals surface area contributed by atoms with E-state index in [2.05, 4.69) is 179 Å². The highest BCUT2D eigenvalue weighted by Gasteiger charge is 2.26. The van der Waals surface area contributed by atoms with Crippen LogP contribution in [0.3, 0.4) is 0 Å². The zero-order valence-electron chi connectivity index (χ0n) is 25.4. The lowest BCUT2D eigenvalue weighted by molar-refractivity contribution is 0.407. The summed E-state index contributed by atoms with van der Waals surface area (Å²) in [6.07, 6.45) is 9.20. The molecule has 47 heavy (non-hydrogen) atoms. The first-order chi connectivity index (χ1) is 23.2. The molecule has 0 N–H and O–H groups in total. The maximum absolute atomic E-state index is 6.33. The molecule has 1 aliphatic heterocycles. The van der Waals surface area contributed by atoms with E-state index < -0.39 is 0 Å². The minimum Gasteiger partial charge on any atom is -0.461 e. The summed E-state index contributed by atoms with van der Waals surface area (Å²) in [6.45, 7) is 0. The monoisotopic (exact) mass is 685 g/mol. The molecule has 0 spiro atoms. The number of benzene rings is 6. The van der Waals surface area contributed by atoms with Crippen LogP contribution in [0.5, 0.6) is 5.75 Å². The molecule has 1 aromatic heterocycles. The molecule has 7 aromatic rings. The number of allylic oxidation sites excluding steroid dienone is 5. The molecule has 0 atom stereocenters. The van der Waals surface area contributed by atoms with Gasteiger partial charge in [0.2, 0.25) is 0 Å². The summed E-state index contributed by atoms with van der Waals surface area (Å²) >= 11 is 5.74. The van der Waals surface area contributed by atoms with Crippen molar-refractivity contribution in [1.82, 2.24) is 0 Å². The van der Waals surface area contributed by atoms with E-state index >= 15 is 0 Å². The van der Waals surface area contributed by atoms with E-state index in [0.29, 0.717) is 0 Å². The third-order valence-electron chi connectivity index (χ3n) is 9.00. The van der Waals surface area contributed by atoms with E-state index in [-0.39, 0.29) is 0 Å². The van der Waals surface area contributed by atoms with Gasteiger partial charge in [-0.3, -0.25) is 0 Å². The van der Waals surface area contributed by atoms with Crippen LogP contribution in [0.25, 0.3) is 48.0 Å². The number of anilines is 3. The van der Waals surface area contributed by atoms with Gasteiger partial charge >= 0.3 is 0 Å². The minimum absolute atomic E-state index is 0.783. The second-order valence-electron chi connectivity index (χ2n) is 11.8. The number of rotatable bonds is 5. The summed E-state index contributed by atoms with van der Waals surface area (Å²) in [4.78, 5) is 2.40. The fourth-order valence-corrected chi connectivity index (χ4v) is 8.50. The lowest BCUT2D eigenvalue weighted by Gasteiger charge is -2.28. The van der Waals surface area contributed by atoms with Crippen LogP contribution >= 0.6 is 27.3 Å². The molecule has 9 rings (SSSR count). The summed E-state index contributed by atoms with van der Waals surface area (Å²) in [5.74, 6) is 1.87. The molecule has 1 aliphatic carbocycles. The van der Waals surface area contributed by atoms with Gasteiger partial charge in [-0.15, -0.1) is 11.3 Å². The van der Waals surface area contributed by atoms with E-state index in [9.17, 15) is 0 Å². The van der Waals surface area contributed by atoms with Crippen molar-refractivity contribution in [2.75, 3.05) is 4.90 Å². The molecule has 2 bridgehead atoms. The molecule has 6 aromatic carbocycles. The molecule has 224 valence electrons. The van der Waals surface area contributed by atoms with E-state index in [0.717, 1.165) is 56.2 Å². The molecule has 2 aliphatic rings. The molecule has 2 nitrogen and oxygen atoms in total. The van der Waals surface area contributed by atoms with Gasteiger partial charge in [0.05, 0.1) is 5.69 Å². The minimum atomic E-state index is 0.783. The van der Waals surface area contributed by atoms with Crippen LogP contribution in [0.1, 0.15) is 12.0 Å². The Kier molecular flexibility index (Phi) is 6.92. The van der Waals surface area contributed by atoms with Gasteiger partial charge in [0, 0.05) is 59.1 Å². The third kappa shape index (κ3) is 4.93. The highest BCUT2D eigenvalue weighted by molar-refractivity contribution is 9.10. The Balaban J connectivity index is 1.22. The van der Waals surface area contributed by atoms with E-state index in [1.54, 1.807) is 0 Å². The standard InChI is InChI=1S/C43H28BrNOS/c44-37-23-24-39-43(30-12-4-5-13-33(26-30)46-39)42(37)29-18-20-31(21-19-29)45(38-16-8-6-14-34(38)28-10-2-1-3-11-28)32-22-25-41-36(27-32)35-15-7-9-17-40(35)47-41/h1-25,27H,26H2. The Hall–Kier alpha value is -5.16. The molecule has 0 saturated heterocycles. The Labute approximate surface area is 286 Å². The average Bonchev–Trinajstić information content (AvgIpc) is 3.38. The van der Waals surface area contributed by atoms with Crippen LogP contribution in [0.2, 0.25) is 0 Å². The molecule has 0 radical (unpaired) electrons. The molecule has 0 unspecified atom stereocenters. The van der Waals surface area contributed by atoms with Crippen molar-refractivity contribution in [3.8, 4) is 28.0 Å². The Bertz CT molecular complexity index is 2420. The number of halogens is 1. The van der Waals surface area contributed by atoms with Crippen molar-refractivity contribution >= 4 is 70.1 Å². The van der Waals surface area contributed by atoms with Crippen LogP contribution in [0.15, 0.2) is 168 Å². The maximum atomic E-state index is 6.33. The smallest absolute Gasteiger partial charge is 0.135 e. The van der Waals surface area contributed by atoms with E-state index in [4.69, 9.17) is 4.74 Å². The van der Waals surface area contributed by atoms with Crippen molar-refractivity contribution < 1.29 is 4.74 Å². The average molecular weight is 687 g/mol. The molecule has 0 amide bonds. The first kappa shape index (κ1) is 28.1. The number of hydrogen-bond donors (Lipinski definition) is 0. The summed E-state index contributed by atoms with van der Waals surface area (Å²) in [5, 5.41) is 2.57. The SMILES string of the molecule is Brc1ccc2c(c1-c1ccc(N(c3ccc4sc5ccccc5c4c3)c3ccccc3-c3ccccc3)cc1)C1=CC=CC=C(C1)O2. The molecule has 0 fully saturated rings.